The van der Waals surface area contributed by atoms with E-state index in [-0.39, 0.29) is 0 Å². The van der Waals surface area contributed by atoms with Gasteiger partial charge in [-0.1, -0.05) is 11.6 Å². The van der Waals surface area contributed by atoms with Crippen molar-refractivity contribution in [2.45, 2.75) is 25.3 Å². The number of piperazine rings is 1. The fourth-order valence-electron chi connectivity index (χ4n) is 2.62. The summed E-state index contributed by atoms with van der Waals surface area (Å²) in [6.07, 6.45) is 3.99. The molecule has 5 nitrogen and oxygen atoms in total. The van der Waals surface area contributed by atoms with Crippen LogP contribution in [0.5, 0.6) is 0 Å². The highest BCUT2D eigenvalue weighted by molar-refractivity contribution is 5.81. The van der Waals surface area contributed by atoms with Crippen LogP contribution in [0.2, 0.25) is 0 Å². The van der Waals surface area contributed by atoms with E-state index >= 15 is 0 Å². The molecule has 0 aromatic rings. The van der Waals surface area contributed by atoms with Gasteiger partial charge < -0.3 is 10.9 Å². The largest absolute Gasteiger partial charge is 0.409 e. The molecule has 86 valence electrons. The monoisotopic (exact) mass is 212 g/mol. The van der Waals surface area contributed by atoms with Gasteiger partial charge >= 0.3 is 0 Å². The van der Waals surface area contributed by atoms with Crippen LogP contribution in [0.3, 0.4) is 0 Å². The highest BCUT2D eigenvalue weighted by Crippen LogP contribution is 2.20. The Labute approximate surface area is 90.5 Å². The topological polar surface area (TPSA) is 65.1 Å². The van der Waals surface area contributed by atoms with Crippen molar-refractivity contribution in [3.8, 4) is 0 Å². The Morgan fingerprint density at radius 2 is 2.20 bits per heavy atom. The molecule has 0 aromatic heterocycles. The summed E-state index contributed by atoms with van der Waals surface area (Å²) in [5, 5.41) is 11.5. The maximum absolute atomic E-state index is 8.52. The smallest absolute Gasteiger partial charge is 0.153 e. The first-order valence-corrected chi connectivity index (χ1v) is 5.72. The Balaban J connectivity index is 1.85. The lowest BCUT2D eigenvalue weighted by Gasteiger charge is -2.43. The molecule has 1 atom stereocenters. The quantitative estimate of drug-likeness (QED) is 0.290. The molecule has 5 heteroatoms. The molecule has 0 aromatic carbocycles. The fourth-order valence-corrected chi connectivity index (χ4v) is 2.62. The zero-order valence-electron chi connectivity index (χ0n) is 9.10. The van der Waals surface area contributed by atoms with Crippen molar-refractivity contribution in [2.24, 2.45) is 10.9 Å². The predicted molar refractivity (Wildman–Crippen MR) is 59.1 cm³/mol. The van der Waals surface area contributed by atoms with Crippen LogP contribution < -0.4 is 5.73 Å². The number of fused-ring (bicyclic) bond motifs is 1. The second kappa shape index (κ2) is 4.81. The zero-order valence-corrected chi connectivity index (χ0v) is 9.10. The van der Waals surface area contributed by atoms with Crippen LogP contribution in [-0.2, 0) is 0 Å². The summed E-state index contributed by atoms with van der Waals surface area (Å²) in [6.45, 7) is 5.08. The maximum Gasteiger partial charge on any atom is 0.153 e. The van der Waals surface area contributed by atoms with E-state index in [0.29, 0.717) is 18.4 Å². The number of oxime groups is 1. The molecule has 0 radical (unpaired) electrons. The van der Waals surface area contributed by atoms with Crippen molar-refractivity contribution in [3.63, 3.8) is 0 Å². The Morgan fingerprint density at radius 1 is 1.33 bits per heavy atom. The van der Waals surface area contributed by atoms with E-state index in [9.17, 15) is 0 Å². The average molecular weight is 212 g/mol. The van der Waals surface area contributed by atoms with Crippen LogP contribution in [0.15, 0.2) is 5.16 Å². The molecule has 15 heavy (non-hydrogen) atoms. The van der Waals surface area contributed by atoms with E-state index in [1.54, 1.807) is 0 Å². The summed E-state index contributed by atoms with van der Waals surface area (Å²) in [4.78, 5) is 4.85. The molecule has 2 rings (SSSR count). The number of hydrogen-bond donors (Lipinski definition) is 2. The van der Waals surface area contributed by atoms with E-state index in [2.05, 4.69) is 15.0 Å². The van der Waals surface area contributed by atoms with Gasteiger partial charge in [0.25, 0.3) is 0 Å². The second-order valence-corrected chi connectivity index (χ2v) is 4.51. The molecule has 2 fully saturated rings. The molecule has 0 amide bonds. The van der Waals surface area contributed by atoms with Crippen molar-refractivity contribution < 1.29 is 5.21 Å². The van der Waals surface area contributed by atoms with Gasteiger partial charge in [0.1, 0.15) is 0 Å². The molecule has 0 saturated carbocycles. The van der Waals surface area contributed by atoms with Crippen LogP contribution in [0, 0.1) is 0 Å². The van der Waals surface area contributed by atoms with Crippen molar-refractivity contribution >= 4 is 5.84 Å². The van der Waals surface area contributed by atoms with Gasteiger partial charge in [0.15, 0.2) is 5.84 Å². The van der Waals surface area contributed by atoms with Gasteiger partial charge in [-0.05, 0) is 19.4 Å². The van der Waals surface area contributed by atoms with Crippen LogP contribution in [-0.4, -0.2) is 59.6 Å². The molecule has 2 aliphatic rings. The number of rotatable bonds is 2. The Hall–Kier alpha value is -0.810. The molecule has 2 saturated heterocycles. The maximum atomic E-state index is 8.52. The van der Waals surface area contributed by atoms with Gasteiger partial charge in [0.05, 0.1) is 6.54 Å². The summed E-state index contributed by atoms with van der Waals surface area (Å²) >= 11 is 0. The number of hydrogen-bond acceptors (Lipinski definition) is 4. The molecule has 1 unspecified atom stereocenters. The van der Waals surface area contributed by atoms with E-state index in [4.69, 9.17) is 10.9 Å². The van der Waals surface area contributed by atoms with Crippen molar-refractivity contribution in [1.82, 2.24) is 9.80 Å². The van der Waals surface area contributed by atoms with Gasteiger partial charge in [0, 0.05) is 25.7 Å². The third-order valence-corrected chi connectivity index (χ3v) is 3.44. The molecule has 0 aliphatic carbocycles. The summed E-state index contributed by atoms with van der Waals surface area (Å²) < 4.78 is 0. The summed E-state index contributed by atoms with van der Waals surface area (Å²) in [6, 6.07) is 0.694. The highest BCUT2D eigenvalue weighted by Gasteiger charge is 2.28. The second-order valence-electron chi connectivity index (χ2n) is 4.51. The van der Waals surface area contributed by atoms with Crippen molar-refractivity contribution in [3.05, 3.63) is 0 Å². The predicted octanol–water partition coefficient (Wildman–Crippen LogP) is -0.0971. The minimum absolute atomic E-state index is 0.319. The summed E-state index contributed by atoms with van der Waals surface area (Å²) in [5.74, 6) is 0.319. The summed E-state index contributed by atoms with van der Waals surface area (Å²) in [7, 11) is 0. The van der Waals surface area contributed by atoms with Gasteiger partial charge in [-0.2, -0.15) is 0 Å². The fraction of sp³-hybridized carbons (Fsp3) is 0.900. The first-order chi connectivity index (χ1) is 7.29. The number of nitrogens with two attached hydrogens (primary N) is 1. The molecular weight excluding hydrogens is 192 g/mol. The SMILES string of the molecule is NC(CN1CCN2CCCCC2C1)=NO. The Morgan fingerprint density at radius 3 is 3.00 bits per heavy atom. The lowest BCUT2D eigenvalue weighted by molar-refractivity contribution is 0.0567. The molecular formula is C10H20N4O. The van der Waals surface area contributed by atoms with E-state index in [1.807, 2.05) is 0 Å². The van der Waals surface area contributed by atoms with Crippen molar-refractivity contribution in [2.75, 3.05) is 32.7 Å². The first kappa shape index (κ1) is 10.7. The van der Waals surface area contributed by atoms with Crippen LogP contribution in [0.25, 0.3) is 0 Å². The first-order valence-electron chi connectivity index (χ1n) is 5.72. The van der Waals surface area contributed by atoms with Crippen LogP contribution >= 0.6 is 0 Å². The van der Waals surface area contributed by atoms with Gasteiger partial charge in [-0.25, -0.2) is 0 Å². The van der Waals surface area contributed by atoms with Crippen LogP contribution in [0.1, 0.15) is 19.3 Å². The van der Waals surface area contributed by atoms with Crippen molar-refractivity contribution in [1.29, 1.82) is 0 Å². The standard InChI is InChI=1S/C10H20N4O/c11-10(12-15)8-13-5-6-14-4-2-1-3-9(14)7-13/h9,15H,1-8H2,(H2,11,12). The third kappa shape index (κ3) is 2.60. The lowest BCUT2D eigenvalue weighted by atomic mass is 9.99. The Kier molecular flexibility index (Phi) is 3.43. The molecule has 0 spiro atoms. The van der Waals surface area contributed by atoms with Crippen LogP contribution in [0.4, 0.5) is 0 Å². The molecule has 3 N–H and O–H groups in total. The summed E-state index contributed by atoms with van der Waals surface area (Å²) in [5.41, 5.74) is 5.52. The van der Waals surface area contributed by atoms with E-state index < -0.39 is 0 Å². The molecule has 2 aliphatic heterocycles. The number of piperidine rings is 1. The highest BCUT2D eigenvalue weighted by atomic mass is 16.4. The number of nitrogens with zero attached hydrogens (tertiary/aromatic N) is 3. The minimum Gasteiger partial charge on any atom is -0.409 e. The Bertz CT molecular complexity index is 244. The van der Waals surface area contributed by atoms with E-state index in [0.717, 1.165) is 19.6 Å². The lowest BCUT2D eigenvalue weighted by Crippen LogP contribution is -2.56. The molecule has 2 heterocycles. The van der Waals surface area contributed by atoms with Gasteiger partial charge in [-0.3, -0.25) is 9.80 Å². The average Bonchev–Trinajstić information content (AvgIpc) is 2.29. The zero-order chi connectivity index (χ0) is 10.7. The molecule has 0 bridgehead atoms. The normalized spacial score (nSPS) is 30.1. The van der Waals surface area contributed by atoms with Gasteiger partial charge in [-0.15, -0.1) is 0 Å². The minimum atomic E-state index is 0.319. The van der Waals surface area contributed by atoms with E-state index in [1.165, 1.54) is 25.8 Å². The van der Waals surface area contributed by atoms with Gasteiger partial charge in [0.2, 0.25) is 0 Å². The third-order valence-electron chi connectivity index (χ3n) is 3.44. The number of amidine groups is 1.